The normalized spacial score (nSPS) is 16.4. The number of anilines is 1. The third kappa shape index (κ3) is 7.02. The number of nitrogens with zero attached hydrogens (tertiary/aromatic N) is 3. The number of hydrogen-bond donors (Lipinski definition) is 2. The van der Waals surface area contributed by atoms with E-state index in [-0.39, 0.29) is 24.0 Å². The molecule has 2 heterocycles. The van der Waals surface area contributed by atoms with Gasteiger partial charge >= 0.3 is 0 Å². The van der Waals surface area contributed by atoms with Gasteiger partial charge in [-0.25, -0.2) is 9.98 Å². The van der Waals surface area contributed by atoms with Crippen LogP contribution in [0.3, 0.4) is 0 Å². The Morgan fingerprint density at radius 1 is 1.34 bits per heavy atom. The van der Waals surface area contributed by atoms with E-state index in [2.05, 4.69) is 52.6 Å². The van der Waals surface area contributed by atoms with Crippen molar-refractivity contribution in [2.45, 2.75) is 33.2 Å². The maximum atomic E-state index is 5.35. The van der Waals surface area contributed by atoms with Gasteiger partial charge in [0.25, 0.3) is 0 Å². The van der Waals surface area contributed by atoms with Gasteiger partial charge in [-0.05, 0) is 37.8 Å². The lowest BCUT2D eigenvalue weighted by atomic mass is 10.1. The molecule has 1 aliphatic rings. The summed E-state index contributed by atoms with van der Waals surface area (Å²) in [5.74, 6) is 2.38. The van der Waals surface area contributed by atoms with Crippen molar-refractivity contribution in [2.24, 2.45) is 10.9 Å². The second-order valence-electron chi connectivity index (χ2n) is 6.95. The van der Waals surface area contributed by atoms with Gasteiger partial charge in [-0.15, -0.1) is 35.3 Å². The Kier molecular flexibility index (Phi) is 9.99. The highest BCUT2D eigenvalue weighted by atomic mass is 127. The van der Waals surface area contributed by atoms with Crippen molar-refractivity contribution < 1.29 is 4.74 Å². The van der Waals surface area contributed by atoms with Gasteiger partial charge in [-0.3, -0.25) is 0 Å². The summed E-state index contributed by atoms with van der Waals surface area (Å²) in [6.45, 7) is 8.77. The Morgan fingerprint density at radius 2 is 2.21 bits per heavy atom. The predicted octanol–water partition coefficient (Wildman–Crippen LogP) is 3.91. The number of guanidine groups is 1. The Hall–Kier alpha value is -1.55. The molecule has 160 valence electrons. The molecule has 3 rings (SSSR count). The summed E-state index contributed by atoms with van der Waals surface area (Å²) < 4.78 is 5.35. The number of thiazole rings is 1. The molecule has 2 aromatic rings. The van der Waals surface area contributed by atoms with Crippen LogP contribution in [-0.4, -0.2) is 44.2 Å². The fourth-order valence-corrected chi connectivity index (χ4v) is 4.14. The summed E-state index contributed by atoms with van der Waals surface area (Å²) in [5, 5.41) is 7.92. The molecule has 1 fully saturated rings. The molecule has 0 saturated carbocycles. The van der Waals surface area contributed by atoms with E-state index in [4.69, 9.17) is 9.73 Å². The molecule has 1 atom stereocenters. The van der Waals surface area contributed by atoms with Crippen LogP contribution in [0.1, 0.15) is 30.2 Å². The lowest BCUT2D eigenvalue weighted by Gasteiger charge is -2.20. The molecule has 0 radical (unpaired) electrons. The first-order chi connectivity index (χ1) is 13.7. The molecule has 1 unspecified atom stereocenters. The van der Waals surface area contributed by atoms with Crippen LogP contribution in [0.4, 0.5) is 5.69 Å². The van der Waals surface area contributed by atoms with E-state index in [1.807, 2.05) is 12.3 Å². The second-order valence-corrected chi connectivity index (χ2v) is 8.15. The van der Waals surface area contributed by atoms with E-state index >= 15 is 0 Å². The largest absolute Gasteiger partial charge is 0.497 e. The van der Waals surface area contributed by atoms with Crippen LogP contribution >= 0.6 is 35.3 Å². The monoisotopic (exact) mass is 529 g/mol. The maximum absolute atomic E-state index is 5.35. The first kappa shape index (κ1) is 23.7. The molecule has 1 aromatic carbocycles. The highest BCUT2D eigenvalue weighted by Gasteiger charge is 2.23. The van der Waals surface area contributed by atoms with Crippen molar-refractivity contribution in [1.82, 2.24) is 15.6 Å². The highest BCUT2D eigenvalue weighted by Crippen LogP contribution is 2.26. The summed E-state index contributed by atoms with van der Waals surface area (Å²) in [4.78, 5) is 12.9. The van der Waals surface area contributed by atoms with Gasteiger partial charge < -0.3 is 20.3 Å². The number of aliphatic imine (C=N–C) groups is 1. The minimum atomic E-state index is 0. The summed E-state index contributed by atoms with van der Waals surface area (Å²) in [7, 11) is 1.71. The molecule has 0 aliphatic carbocycles. The number of benzene rings is 1. The summed E-state index contributed by atoms with van der Waals surface area (Å²) >= 11 is 1.75. The number of rotatable bonds is 8. The second kappa shape index (κ2) is 12.2. The van der Waals surface area contributed by atoms with Gasteiger partial charge in [-0.1, -0.05) is 13.0 Å². The fourth-order valence-electron chi connectivity index (χ4n) is 3.35. The van der Waals surface area contributed by atoms with E-state index < -0.39 is 0 Å². The quantitative estimate of drug-likeness (QED) is 0.309. The number of aromatic nitrogens is 1. The van der Waals surface area contributed by atoms with Crippen molar-refractivity contribution in [2.75, 3.05) is 38.2 Å². The molecule has 1 aromatic heterocycles. The lowest BCUT2D eigenvalue weighted by molar-refractivity contribution is 0.415. The van der Waals surface area contributed by atoms with Crippen molar-refractivity contribution in [1.29, 1.82) is 0 Å². The van der Waals surface area contributed by atoms with Crippen molar-refractivity contribution in [3.63, 3.8) is 0 Å². The number of methoxy groups -OCH3 is 1. The molecule has 2 N–H and O–H groups in total. The van der Waals surface area contributed by atoms with Crippen LogP contribution in [0.5, 0.6) is 5.75 Å². The van der Waals surface area contributed by atoms with E-state index in [0.29, 0.717) is 12.5 Å². The first-order valence-electron chi connectivity index (χ1n) is 10.1. The number of hydrogen-bond acceptors (Lipinski definition) is 5. The topological polar surface area (TPSA) is 61.8 Å². The molecule has 1 aliphatic heterocycles. The molecule has 1 saturated heterocycles. The zero-order valence-corrected chi connectivity index (χ0v) is 20.6. The molecule has 0 bridgehead atoms. The van der Waals surface area contributed by atoms with Crippen LogP contribution in [0.25, 0.3) is 0 Å². The number of ether oxygens (including phenoxy) is 1. The van der Waals surface area contributed by atoms with Crippen LogP contribution in [-0.2, 0) is 13.0 Å². The first-order valence-corrected chi connectivity index (χ1v) is 10.9. The van der Waals surface area contributed by atoms with Crippen molar-refractivity contribution >= 4 is 47.0 Å². The zero-order chi connectivity index (χ0) is 19.8. The van der Waals surface area contributed by atoms with Crippen molar-refractivity contribution in [3.8, 4) is 5.75 Å². The van der Waals surface area contributed by atoms with Crippen LogP contribution in [0, 0.1) is 5.92 Å². The number of aryl methyl sites for hydroxylation is 1. The average molecular weight is 529 g/mol. The molecule has 6 nitrogen and oxygen atoms in total. The van der Waals surface area contributed by atoms with Crippen LogP contribution in [0.2, 0.25) is 0 Å². The van der Waals surface area contributed by atoms with Gasteiger partial charge in [-0.2, -0.15) is 0 Å². The Balaban J connectivity index is 0.00000300. The predicted molar refractivity (Wildman–Crippen MR) is 133 cm³/mol. The zero-order valence-electron chi connectivity index (χ0n) is 17.5. The van der Waals surface area contributed by atoms with Crippen molar-refractivity contribution in [3.05, 3.63) is 40.3 Å². The average Bonchev–Trinajstić information content (AvgIpc) is 3.39. The third-order valence-corrected chi connectivity index (χ3v) is 6.06. The van der Waals surface area contributed by atoms with Crippen LogP contribution in [0.15, 0.2) is 35.5 Å². The molecule has 0 amide bonds. The smallest absolute Gasteiger partial charge is 0.191 e. The standard InChI is InChI=1S/C21H31N5OS.HI/c1-4-19-13-23-20(28-19)14-25-21(22-5-2)24-12-16-9-10-26(15-16)17-7-6-8-18(11-17)27-3;/h6-8,11,13,16H,4-5,9-10,12,14-15H2,1-3H3,(H2,22,24,25);1H. The van der Waals surface area contributed by atoms with Gasteiger partial charge in [0.1, 0.15) is 10.8 Å². The van der Waals surface area contributed by atoms with E-state index in [9.17, 15) is 0 Å². The summed E-state index contributed by atoms with van der Waals surface area (Å²) in [5.41, 5.74) is 1.23. The van der Waals surface area contributed by atoms with E-state index in [1.165, 1.54) is 17.0 Å². The minimum Gasteiger partial charge on any atom is -0.497 e. The SMILES string of the molecule is CCNC(=NCc1ncc(CC)s1)NCC1CCN(c2cccc(OC)c2)C1.I. The fraction of sp³-hybridized carbons (Fsp3) is 0.524. The molecule has 8 heteroatoms. The van der Waals surface area contributed by atoms with Gasteiger partial charge in [0, 0.05) is 49.0 Å². The summed E-state index contributed by atoms with van der Waals surface area (Å²) in [6.07, 6.45) is 4.17. The summed E-state index contributed by atoms with van der Waals surface area (Å²) in [6, 6.07) is 8.31. The molecular weight excluding hydrogens is 497 g/mol. The number of halogens is 1. The Labute approximate surface area is 195 Å². The lowest BCUT2D eigenvalue weighted by Crippen LogP contribution is -2.40. The van der Waals surface area contributed by atoms with E-state index in [0.717, 1.165) is 49.3 Å². The van der Waals surface area contributed by atoms with Gasteiger partial charge in [0.2, 0.25) is 0 Å². The van der Waals surface area contributed by atoms with Gasteiger partial charge in [0.15, 0.2) is 5.96 Å². The minimum absolute atomic E-state index is 0. The van der Waals surface area contributed by atoms with E-state index in [1.54, 1.807) is 18.4 Å². The molecular formula is C21H32IN5OS. The Morgan fingerprint density at radius 3 is 2.93 bits per heavy atom. The third-order valence-electron chi connectivity index (χ3n) is 4.93. The molecule has 0 spiro atoms. The maximum Gasteiger partial charge on any atom is 0.191 e. The number of nitrogens with one attached hydrogen (secondary N) is 2. The molecule has 29 heavy (non-hydrogen) atoms. The van der Waals surface area contributed by atoms with Crippen LogP contribution < -0.4 is 20.3 Å². The van der Waals surface area contributed by atoms with Gasteiger partial charge in [0.05, 0.1) is 13.7 Å². The highest BCUT2D eigenvalue weighted by molar-refractivity contribution is 14.0. The Bertz CT molecular complexity index is 782.